The molecular weight excluding hydrogens is 396 g/mol. The molecule has 0 aliphatic rings. The molecule has 10 heteroatoms. The third kappa shape index (κ3) is 4.81. The standard InChI is InChI=1S/C17H14ClF2N5OS/c1-10(14-6-5-12(19)8-15(14)20)21-16(26)9-27-17-22-23-24-25(17)13-4-2-3-11(18)7-13/h2-8,10H,9H2,1H3,(H,21,26)/t10-/m1/s1. The van der Waals surface area contributed by atoms with Crippen LogP contribution in [0, 0.1) is 11.6 Å². The van der Waals surface area contributed by atoms with Crippen molar-refractivity contribution in [1.82, 2.24) is 25.5 Å². The molecule has 3 aromatic rings. The molecule has 1 heterocycles. The first kappa shape index (κ1) is 19.2. The van der Waals surface area contributed by atoms with E-state index in [0.29, 0.717) is 15.9 Å². The maximum Gasteiger partial charge on any atom is 0.230 e. The molecule has 1 aromatic heterocycles. The molecule has 0 bridgehead atoms. The Morgan fingerprint density at radius 1 is 1.30 bits per heavy atom. The van der Waals surface area contributed by atoms with Gasteiger partial charge in [0.15, 0.2) is 0 Å². The van der Waals surface area contributed by atoms with Gasteiger partial charge < -0.3 is 5.32 Å². The van der Waals surface area contributed by atoms with Crippen LogP contribution in [-0.2, 0) is 4.79 Å². The summed E-state index contributed by atoms with van der Waals surface area (Å²) in [6.45, 7) is 1.62. The van der Waals surface area contributed by atoms with E-state index in [-0.39, 0.29) is 17.2 Å². The number of halogens is 3. The Hall–Kier alpha value is -2.52. The normalized spacial score (nSPS) is 12.0. The van der Waals surface area contributed by atoms with Gasteiger partial charge in [0, 0.05) is 16.7 Å². The average Bonchev–Trinajstić information content (AvgIpc) is 3.08. The van der Waals surface area contributed by atoms with Crippen molar-refractivity contribution < 1.29 is 13.6 Å². The third-order valence-corrected chi connectivity index (χ3v) is 4.79. The van der Waals surface area contributed by atoms with Gasteiger partial charge in [-0.2, -0.15) is 4.68 Å². The number of aromatic nitrogens is 4. The Morgan fingerprint density at radius 3 is 2.85 bits per heavy atom. The van der Waals surface area contributed by atoms with Crippen LogP contribution in [0.4, 0.5) is 8.78 Å². The average molecular weight is 410 g/mol. The number of thioether (sulfide) groups is 1. The monoisotopic (exact) mass is 409 g/mol. The lowest BCUT2D eigenvalue weighted by Gasteiger charge is -2.15. The van der Waals surface area contributed by atoms with Gasteiger partial charge in [-0.1, -0.05) is 35.5 Å². The van der Waals surface area contributed by atoms with Crippen molar-refractivity contribution in [2.24, 2.45) is 0 Å². The van der Waals surface area contributed by atoms with Crippen LogP contribution in [-0.4, -0.2) is 31.9 Å². The van der Waals surface area contributed by atoms with Gasteiger partial charge >= 0.3 is 0 Å². The topological polar surface area (TPSA) is 72.7 Å². The van der Waals surface area contributed by atoms with Crippen molar-refractivity contribution in [3.05, 3.63) is 64.7 Å². The molecule has 0 unspecified atom stereocenters. The van der Waals surface area contributed by atoms with Gasteiger partial charge in [-0.15, -0.1) is 5.10 Å². The second kappa shape index (κ2) is 8.45. The molecule has 1 amide bonds. The highest BCUT2D eigenvalue weighted by molar-refractivity contribution is 7.99. The lowest BCUT2D eigenvalue weighted by atomic mass is 10.1. The van der Waals surface area contributed by atoms with Crippen LogP contribution in [0.3, 0.4) is 0 Å². The van der Waals surface area contributed by atoms with Gasteiger partial charge in [0.25, 0.3) is 0 Å². The number of carbonyl (C=O) groups excluding carboxylic acids is 1. The van der Waals surface area contributed by atoms with Gasteiger partial charge in [0.05, 0.1) is 17.5 Å². The molecule has 3 rings (SSSR count). The van der Waals surface area contributed by atoms with Gasteiger partial charge in [0.1, 0.15) is 11.6 Å². The number of hydrogen-bond donors (Lipinski definition) is 1. The molecule has 1 N–H and O–H groups in total. The second-order valence-corrected chi connectivity index (χ2v) is 6.98. The molecule has 1 atom stereocenters. The smallest absolute Gasteiger partial charge is 0.230 e. The summed E-state index contributed by atoms with van der Waals surface area (Å²) in [5, 5.41) is 15.0. The van der Waals surface area contributed by atoms with Gasteiger partial charge in [-0.25, -0.2) is 8.78 Å². The lowest BCUT2D eigenvalue weighted by molar-refractivity contribution is -0.119. The Kier molecular flexibility index (Phi) is 6.02. The summed E-state index contributed by atoms with van der Waals surface area (Å²) in [7, 11) is 0. The van der Waals surface area contributed by atoms with E-state index in [4.69, 9.17) is 11.6 Å². The highest BCUT2D eigenvalue weighted by Gasteiger charge is 2.16. The Balaban J connectivity index is 1.62. The zero-order valence-corrected chi connectivity index (χ0v) is 15.6. The maximum absolute atomic E-state index is 13.8. The zero-order valence-electron chi connectivity index (χ0n) is 14.1. The largest absolute Gasteiger partial charge is 0.349 e. The summed E-state index contributed by atoms with van der Waals surface area (Å²) in [6, 6.07) is 9.60. The third-order valence-electron chi connectivity index (χ3n) is 3.63. The van der Waals surface area contributed by atoms with E-state index < -0.39 is 17.7 Å². The number of hydrogen-bond acceptors (Lipinski definition) is 5. The number of nitrogens with one attached hydrogen (secondary N) is 1. The Bertz CT molecular complexity index is 968. The molecule has 0 aliphatic heterocycles. The van der Waals surface area contributed by atoms with E-state index in [1.165, 1.54) is 10.7 Å². The summed E-state index contributed by atoms with van der Waals surface area (Å²) in [6.07, 6.45) is 0. The molecule has 140 valence electrons. The minimum absolute atomic E-state index is 0.0219. The van der Waals surface area contributed by atoms with Crippen LogP contribution >= 0.6 is 23.4 Å². The fourth-order valence-corrected chi connectivity index (χ4v) is 3.27. The van der Waals surface area contributed by atoms with E-state index >= 15 is 0 Å². The molecule has 0 saturated carbocycles. The van der Waals surface area contributed by atoms with E-state index in [2.05, 4.69) is 20.8 Å². The van der Waals surface area contributed by atoms with Gasteiger partial charge in [-0.3, -0.25) is 4.79 Å². The van der Waals surface area contributed by atoms with Crippen LogP contribution in [0.5, 0.6) is 0 Å². The van der Waals surface area contributed by atoms with Gasteiger partial charge in [0.2, 0.25) is 11.1 Å². The van der Waals surface area contributed by atoms with E-state index in [1.54, 1.807) is 31.2 Å². The number of amides is 1. The highest BCUT2D eigenvalue weighted by Crippen LogP contribution is 2.21. The minimum Gasteiger partial charge on any atom is -0.349 e. The van der Waals surface area contributed by atoms with Gasteiger partial charge in [-0.05, 0) is 41.6 Å². The fraction of sp³-hybridized carbons (Fsp3) is 0.176. The summed E-state index contributed by atoms with van der Waals surface area (Å²) in [5.74, 6) is -1.69. The molecule has 0 radical (unpaired) electrons. The van der Waals surface area contributed by atoms with Crippen molar-refractivity contribution in [3.8, 4) is 5.69 Å². The highest BCUT2D eigenvalue weighted by atomic mass is 35.5. The van der Waals surface area contributed by atoms with Crippen LogP contribution in [0.1, 0.15) is 18.5 Å². The molecule has 6 nitrogen and oxygen atoms in total. The zero-order chi connectivity index (χ0) is 19.4. The summed E-state index contributed by atoms with van der Waals surface area (Å²) in [5.41, 5.74) is 0.871. The molecule has 0 aliphatic carbocycles. The van der Waals surface area contributed by atoms with Crippen LogP contribution < -0.4 is 5.32 Å². The number of tetrazole rings is 1. The number of benzene rings is 2. The number of rotatable bonds is 6. The van der Waals surface area contributed by atoms with Crippen LogP contribution in [0.2, 0.25) is 5.02 Å². The first-order valence-electron chi connectivity index (χ1n) is 7.85. The summed E-state index contributed by atoms with van der Waals surface area (Å²) >= 11 is 7.10. The molecule has 0 spiro atoms. The minimum atomic E-state index is -0.708. The van der Waals surface area contributed by atoms with Crippen molar-refractivity contribution in [1.29, 1.82) is 0 Å². The SMILES string of the molecule is C[C@@H](NC(=O)CSc1nnnn1-c1cccc(Cl)c1)c1ccc(F)cc1F. The van der Waals surface area contributed by atoms with E-state index in [9.17, 15) is 13.6 Å². The quantitative estimate of drug-likeness (QED) is 0.630. The lowest BCUT2D eigenvalue weighted by Crippen LogP contribution is -2.28. The Labute approximate surface area is 162 Å². The first-order chi connectivity index (χ1) is 12.9. The van der Waals surface area contributed by atoms with Crippen molar-refractivity contribution >= 4 is 29.3 Å². The number of carbonyl (C=O) groups is 1. The van der Waals surface area contributed by atoms with E-state index in [0.717, 1.165) is 23.9 Å². The molecule has 0 fully saturated rings. The van der Waals surface area contributed by atoms with Crippen molar-refractivity contribution in [2.45, 2.75) is 18.1 Å². The van der Waals surface area contributed by atoms with Crippen molar-refractivity contribution in [3.63, 3.8) is 0 Å². The predicted molar refractivity (Wildman–Crippen MR) is 97.8 cm³/mol. The molecule has 0 saturated heterocycles. The van der Waals surface area contributed by atoms with E-state index in [1.807, 2.05) is 0 Å². The summed E-state index contributed by atoms with van der Waals surface area (Å²) in [4.78, 5) is 12.2. The molecular formula is C17H14ClF2N5OS. The molecule has 27 heavy (non-hydrogen) atoms. The molecule has 2 aromatic carbocycles. The van der Waals surface area contributed by atoms with Crippen molar-refractivity contribution in [2.75, 3.05) is 5.75 Å². The fourth-order valence-electron chi connectivity index (χ4n) is 2.38. The van der Waals surface area contributed by atoms with Crippen LogP contribution in [0.25, 0.3) is 5.69 Å². The first-order valence-corrected chi connectivity index (χ1v) is 9.22. The number of nitrogens with zero attached hydrogens (tertiary/aromatic N) is 4. The maximum atomic E-state index is 13.8. The van der Waals surface area contributed by atoms with Crippen LogP contribution in [0.15, 0.2) is 47.6 Å². The summed E-state index contributed by atoms with van der Waals surface area (Å²) < 4.78 is 28.3. The Morgan fingerprint density at radius 2 is 2.11 bits per heavy atom. The second-order valence-electron chi connectivity index (χ2n) is 5.60. The predicted octanol–water partition coefficient (Wildman–Crippen LogP) is 3.56.